The van der Waals surface area contributed by atoms with Crippen LogP contribution >= 0.6 is 23.2 Å². The molecule has 200 valence electrons. The van der Waals surface area contributed by atoms with E-state index in [1.807, 2.05) is 52.0 Å². The number of sulfonamides is 1. The standard InChI is InChI=1S/C27H33Cl2N3O4S/c1-18-11-12-20-9-8-10-23(26(20)31-18)36-17-21-22(28)13-14-24(25(21)29)37(34,35)32(27(3,4)5)16-7-6-15-30-19(2)33/h8-14H,6-7,15-17H2,1-5H3,(H,30,33). The molecule has 0 bridgehead atoms. The molecule has 0 spiro atoms. The van der Waals surface area contributed by atoms with Gasteiger partial charge >= 0.3 is 0 Å². The highest BCUT2D eigenvalue weighted by Crippen LogP contribution is 2.36. The Morgan fingerprint density at radius 2 is 1.81 bits per heavy atom. The van der Waals surface area contributed by atoms with Gasteiger partial charge in [-0.1, -0.05) is 41.4 Å². The van der Waals surface area contributed by atoms with Crippen LogP contribution in [-0.4, -0.2) is 42.2 Å². The molecule has 1 amide bonds. The Morgan fingerprint density at radius 3 is 2.49 bits per heavy atom. The lowest BCUT2D eigenvalue weighted by atomic mass is 10.1. The molecular formula is C27H33Cl2N3O4S. The van der Waals surface area contributed by atoms with Gasteiger partial charge in [-0.05, 0) is 64.8 Å². The van der Waals surface area contributed by atoms with Crippen molar-refractivity contribution >= 4 is 50.0 Å². The number of nitrogens with zero attached hydrogens (tertiary/aromatic N) is 2. The lowest BCUT2D eigenvalue weighted by Crippen LogP contribution is -2.46. The fourth-order valence-corrected chi connectivity index (χ4v) is 6.66. The summed E-state index contributed by atoms with van der Waals surface area (Å²) in [6, 6.07) is 12.5. The second-order valence-corrected chi connectivity index (χ2v) is 12.5. The largest absolute Gasteiger partial charge is 0.487 e. The average Bonchev–Trinajstić information content (AvgIpc) is 2.80. The maximum absolute atomic E-state index is 13.8. The molecule has 0 saturated carbocycles. The highest BCUT2D eigenvalue weighted by molar-refractivity contribution is 7.89. The van der Waals surface area contributed by atoms with Gasteiger partial charge in [-0.2, -0.15) is 4.31 Å². The minimum Gasteiger partial charge on any atom is -0.487 e. The summed E-state index contributed by atoms with van der Waals surface area (Å²) in [5, 5.41) is 4.00. The van der Waals surface area contributed by atoms with Gasteiger partial charge in [0.1, 0.15) is 22.8 Å². The van der Waals surface area contributed by atoms with Crippen LogP contribution in [0.25, 0.3) is 10.9 Å². The summed E-state index contributed by atoms with van der Waals surface area (Å²) in [6.07, 6.45) is 1.22. The highest BCUT2D eigenvalue weighted by atomic mass is 35.5. The Balaban J connectivity index is 1.88. The van der Waals surface area contributed by atoms with Gasteiger partial charge in [0.25, 0.3) is 0 Å². The number of aromatic nitrogens is 1. The molecule has 2 aromatic carbocycles. The van der Waals surface area contributed by atoms with Gasteiger partial charge in [0.2, 0.25) is 15.9 Å². The first kappa shape index (κ1) is 29.2. The van der Waals surface area contributed by atoms with Gasteiger partial charge < -0.3 is 10.1 Å². The molecule has 0 saturated heterocycles. The summed E-state index contributed by atoms with van der Waals surface area (Å²) >= 11 is 13.1. The van der Waals surface area contributed by atoms with Gasteiger partial charge in [0.05, 0.1) is 5.02 Å². The first-order valence-electron chi connectivity index (χ1n) is 12.1. The van der Waals surface area contributed by atoms with Crippen LogP contribution in [0.15, 0.2) is 47.4 Å². The number of pyridine rings is 1. The van der Waals surface area contributed by atoms with E-state index in [0.29, 0.717) is 41.2 Å². The molecule has 7 nitrogen and oxygen atoms in total. The number of fused-ring (bicyclic) bond motifs is 1. The van der Waals surface area contributed by atoms with Crippen molar-refractivity contribution in [1.82, 2.24) is 14.6 Å². The third-order valence-electron chi connectivity index (χ3n) is 5.82. The maximum Gasteiger partial charge on any atom is 0.245 e. The third-order valence-corrected chi connectivity index (χ3v) is 8.93. The summed E-state index contributed by atoms with van der Waals surface area (Å²) in [6.45, 7) is 9.59. The first-order chi connectivity index (χ1) is 17.3. The topological polar surface area (TPSA) is 88.6 Å². The average molecular weight is 567 g/mol. The number of nitrogens with one attached hydrogen (secondary N) is 1. The third kappa shape index (κ3) is 7.13. The quantitative estimate of drug-likeness (QED) is 0.298. The SMILES string of the molecule is CC(=O)NCCCCN(C(C)(C)C)S(=O)(=O)c1ccc(Cl)c(COc2cccc3ccc(C)nc23)c1Cl. The van der Waals surface area contributed by atoms with Crippen LogP contribution in [0.5, 0.6) is 5.75 Å². The minimum absolute atomic E-state index is 0.0258. The Morgan fingerprint density at radius 1 is 1.08 bits per heavy atom. The van der Waals surface area contributed by atoms with Crippen LogP contribution < -0.4 is 10.1 Å². The number of unbranched alkanes of at least 4 members (excludes halogenated alkanes) is 1. The summed E-state index contributed by atoms with van der Waals surface area (Å²) in [4.78, 5) is 15.7. The number of rotatable bonds is 10. The molecule has 0 unspecified atom stereocenters. The number of benzene rings is 2. The molecule has 37 heavy (non-hydrogen) atoms. The number of ether oxygens (including phenoxy) is 1. The van der Waals surface area contributed by atoms with E-state index in [1.165, 1.54) is 23.4 Å². The van der Waals surface area contributed by atoms with Gasteiger partial charge in [0, 0.05) is 47.2 Å². The van der Waals surface area contributed by atoms with Gasteiger partial charge in [-0.15, -0.1) is 0 Å². The van der Waals surface area contributed by atoms with E-state index in [-0.39, 0.29) is 29.0 Å². The molecule has 1 heterocycles. The molecule has 0 radical (unpaired) electrons. The molecular weight excluding hydrogens is 533 g/mol. The van der Waals surface area contributed by atoms with E-state index >= 15 is 0 Å². The van der Waals surface area contributed by atoms with Crippen LogP contribution in [0.3, 0.4) is 0 Å². The van der Waals surface area contributed by atoms with Crippen LogP contribution in [0.4, 0.5) is 0 Å². The molecule has 0 atom stereocenters. The summed E-state index contributed by atoms with van der Waals surface area (Å²) in [7, 11) is -3.97. The number of carbonyl (C=O) groups is 1. The fraction of sp³-hybridized carbons (Fsp3) is 0.407. The van der Waals surface area contributed by atoms with Crippen LogP contribution in [0.1, 0.15) is 51.8 Å². The van der Waals surface area contributed by atoms with Crippen molar-refractivity contribution in [3.63, 3.8) is 0 Å². The number of hydrogen-bond donors (Lipinski definition) is 1. The Labute approximate surface area is 229 Å². The molecule has 3 aromatic rings. The van der Waals surface area contributed by atoms with Crippen molar-refractivity contribution in [3.8, 4) is 5.75 Å². The van der Waals surface area contributed by atoms with E-state index in [9.17, 15) is 13.2 Å². The Bertz CT molecular complexity index is 1390. The zero-order valence-corrected chi connectivity index (χ0v) is 24.1. The lowest BCUT2D eigenvalue weighted by molar-refractivity contribution is -0.118. The molecule has 10 heteroatoms. The van der Waals surface area contributed by atoms with E-state index in [2.05, 4.69) is 10.3 Å². The molecule has 0 fully saturated rings. The monoisotopic (exact) mass is 565 g/mol. The second kappa shape index (κ2) is 12.0. The smallest absolute Gasteiger partial charge is 0.245 e. The van der Waals surface area contributed by atoms with E-state index in [4.69, 9.17) is 27.9 Å². The molecule has 0 aliphatic heterocycles. The minimum atomic E-state index is -3.97. The first-order valence-corrected chi connectivity index (χ1v) is 14.3. The molecule has 0 aliphatic rings. The van der Waals surface area contributed by atoms with Gasteiger partial charge in [0.15, 0.2) is 0 Å². The second-order valence-electron chi connectivity index (χ2n) is 9.85. The van der Waals surface area contributed by atoms with Crippen molar-refractivity contribution in [3.05, 3.63) is 63.8 Å². The zero-order valence-electron chi connectivity index (χ0n) is 21.8. The van der Waals surface area contributed by atoms with Crippen molar-refractivity contribution < 1.29 is 17.9 Å². The zero-order chi connectivity index (χ0) is 27.4. The van der Waals surface area contributed by atoms with Crippen LogP contribution in [-0.2, 0) is 21.4 Å². The van der Waals surface area contributed by atoms with E-state index < -0.39 is 15.6 Å². The number of para-hydroxylation sites is 1. The molecule has 1 N–H and O–H groups in total. The predicted molar refractivity (Wildman–Crippen MR) is 149 cm³/mol. The highest BCUT2D eigenvalue weighted by Gasteiger charge is 2.35. The van der Waals surface area contributed by atoms with Crippen LogP contribution in [0, 0.1) is 6.92 Å². The summed E-state index contributed by atoms with van der Waals surface area (Å²) < 4.78 is 35.1. The number of aryl methyl sites for hydroxylation is 1. The van der Waals surface area contributed by atoms with E-state index in [1.54, 1.807) is 6.07 Å². The Hall–Kier alpha value is -2.39. The number of halogens is 2. The number of amides is 1. The van der Waals surface area contributed by atoms with Crippen molar-refractivity contribution in [2.24, 2.45) is 0 Å². The number of carbonyl (C=O) groups excluding carboxylic acids is 1. The molecule has 3 rings (SSSR count). The normalized spacial score (nSPS) is 12.2. The van der Waals surface area contributed by atoms with Crippen molar-refractivity contribution in [2.45, 2.75) is 64.5 Å². The van der Waals surface area contributed by atoms with Crippen molar-refractivity contribution in [1.29, 1.82) is 0 Å². The molecule has 1 aromatic heterocycles. The van der Waals surface area contributed by atoms with Gasteiger partial charge in [-0.25, -0.2) is 13.4 Å². The number of hydrogen-bond acceptors (Lipinski definition) is 5. The predicted octanol–water partition coefficient (Wildman–Crippen LogP) is 6.13. The Kier molecular flexibility index (Phi) is 9.45. The van der Waals surface area contributed by atoms with Gasteiger partial charge in [-0.3, -0.25) is 4.79 Å². The van der Waals surface area contributed by atoms with Crippen LogP contribution in [0.2, 0.25) is 10.0 Å². The fourth-order valence-electron chi connectivity index (χ4n) is 3.97. The summed E-state index contributed by atoms with van der Waals surface area (Å²) in [5.41, 5.74) is 1.25. The molecule has 0 aliphatic carbocycles. The van der Waals surface area contributed by atoms with Crippen molar-refractivity contribution in [2.75, 3.05) is 13.1 Å². The van der Waals surface area contributed by atoms with E-state index in [0.717, 1.165) is 11.1 Å². The maximum atomic E-state index is 13.8. The summed E-state index contributed by atoms with van der Waals surface area (Å²) in [5.74, 6) is 0.439. The lowest BCUT2D eigenvalue weighted by Gasteiger charge is -2.35.